The molecule has 0 unspecified atom stereocenters. The first kappa shape index (κ1) is 22.1. The molecule has 0 aliphatic heterocycles. The van der Waals surface area contributed by atoms with Gasteiger partial charge in [0.2, 0.25) is 0 Å². The van der Waals surface area contributed by atoms with Crippen LogP contribution < -0.4 is 16.2 Å². The van der Waals surface area contributed by atoms with Gasteiger partial charge in [-0.3, -0.25) is 25.8 Å². The summed E-state index contributed by atoms with van der Waals surface area (Å²) in [5.41, 5.74) is 10.8. The lowest BCUT2D eigenvalue weighted by atomic mass is 10.0. The smallest absolute Gasteiger partial charge is 0.258 e. The number of para-hydroxylation sites is 1. The Morgan fingerprint density at radius 3 is 2.36 bits per heavy atom. The zero-order valence-corrected chi connectivity index (χ0v) is 19.0. The van der Waals surface area contributed by atoms with Gasteiger partial charge in [0.25, 0.3) is 5.91 Å². The molecule has 1 amide bonds. The van der Waals surface area contributed by atoms with Crippen molar-refractivity contribution in [1.82, 2.24) is 15.7 Å². The first-order chi connectivity index (χ1) is 15.9. The first-order valence-corrected chi connectivity index (χ1v) is 10.8. The van der Waals surface area contributed by atoms with Crippen molar-refractivity contribution in [3.05, 3.63) is 95.6 Å². The van der Waals surface area contributed by atoms with Crippen molar-refractivity contribution in [2.24, 2.45) is 0 Å². The highest BCUT2D eigenvalue weighted by Crippen LogP contribution is 2.26. The molecular formula is C26H22N4O2S. The average molecular weight is 455 g/mol. The van der Waals surface area contributed by atoms with Crippen LogP contribution in [0.25, 0.3) is 22.2 Å². The summed E-state index contributed by atoms with van der Waals surface area (Å²) in [5, 5.41) is 3.41. The molecule has 33 heavy (non-hydrogen) atoms. The summed E-state index contributed by atoms with van der Waals surface area (Å²) >= 11 is 5.31. The molecule has 3 N–H and O–H groups in total. The van der Waals surface area contributed by atoms with Crippen LogP contribution in [-0.4, -0.2) is 21.8 Å². The van der Waals surface area contributed by atoms with E-state index in [1.807, 2.05) is 61.5 Å². The Balaban J connectivity index is 1.65. The molecule has 164 valence electrons. The quantitative estimate of drug-likeness (QED) is 0.223. The molecule has 4 aromatic rings. The van der Waals surface area contributed by atoms with Crippen LogP contribution in [0.15, 0.2) is 78.9 Å². The zero-order valence-electron chi connectivity index (χ0n) is 18.2. The second kappa shape index (κ2) is 9.58. The number of Topliss-reactive ketones (excluding diaryl/α,β-unsaturated/α-hetero) is 1. The summed E-state index contributed by atoms with van der Waals surface area (Å²) < 4.78 is 0. The molecule has 1 aromatic heterocycles. The number of carbonyl (C=O) groups excluding carboxylic acids is 2. The van der Waals surface area contributed by atoms with Gasteiger partial charge in [-0.2, -0.15) is 0 Å². The molecule has 1 heterocycles. The van der Waals surface area contributed by atoms with Crippen LogP contribution in [-0.2, 0) is 0 Å². The fraction of sp³-hybridized carbons (Fsp3) is 0.0769. The third kappa shape index (κ3) is 5.05. The Hall–Kier alpha value is -4.10. The van der Waals surface area contributed by atoms with Gasteiger partial charge in [0.1, 0.15) is 0 Å². The Morgan fingerprint density at radius 2 is 1.64 bits per heavy atom. The number of aromatic nitrogens is 1. The number of fused-ring (bicyclic) bond motifs is 1. The summed E-state index contributed by atoms with van der Waals surface area (Å²) in [6.07, 6.45) is 0. The molecule has 3 aromatic carbocycles. The van der Waals surface area contributed by atoms with Crippen LogP contribution in [0.1, 0.15) is 33.2 Å². The van der Waals surface area contributed by atoms with E-state index in [2.05, 4.69) is 16.2 Å². The molecule has 0 aliphatic rings. The number of hydrogen-bond donors (Lipinski definition) is 3. The SMILES string of the molecule is CC(=O)c1ccc2nc(-c3ccccc3)cc(C(=O)NC(=S)NNc3ccccc3C)c2c1. The van der Waals surface area contributed by atoms with Crippen LogP contribution in [0.2, 0.25) is 0 Å². The maximum atomic E-state index is 13.2. The van der Waals surface area contributed by atoms with Crippen LogP contribution in [0, 0.1) is 6.92 Å². The molecule has 6 nitrogen and oxygen atoms in total. The second-order valence-electron chi connectivity index (χ2n) is 7.56. The maximum absolute atomic E-state index is 13.2. The fourth-order valence-electron chi connectivity index (χ4n) is 3.43. The molecule has 4 rings (SSSR count). The number of nitrogens with zero attached hydrogens (tertiary/aromatic N) is 1. The molecule has 0 fully saturated rings. The number of anilines is 1. The van der Waals surface area contributed by atoms with Crippen molar-refractivity contribution in [1.29, 1.82) is 0 Å². The number of hydrogen-bond acceptors (Lipinski definition) is 5. The summed E-state index contributed by atoms with van der Waals surface area (Å²) in [6, 6.07) is 24.2. The van der Waals surface area contributed by atoms with Crippen molar-refractivity contribution >= 4 is 45.6 Å². The summed E-state index contributed by atoms with van der Waals surface area (Å²) in [7, 11) is 0. The van der Waals surface area contributed by atoms with Gasteiger partial charge in [-0.05, 0) is 62.0 Å². The Labute approximate surface area is 197 Å². The van der Waals surface area contributed by atoms with Crippen LogP contribution >= 0.6 is 12.2 Å². The zero-order chi connectivity index (χ0) is 23.4. The van der Waals surface area contributed by atoms with Gasteiger partial charge < -0.3 is 0 Å². The molecule has 0 bridgehead atoms. The summed E-state index contributed by atoms with van der Waals surface area (Å²) in [4.78, 5) is 29.9. The van der Waals surface area contributed by atoms with Gasteiger partial charge in [-0.25, -0.2) is 4.98 Å². The van der Waals surface area contributed by atoms with Gasteiger partial charge in [0.15, 0.2) is 10.9 Å². The lowest BCUT2D eigenvalue weighted by Crippen LogP contribution is -2.42. The van der Waals surface area contributed by atoms with Crippen molar-refractivity contribution in [2.75, 3.05) is 5.43 Å². The predicted molar refractivity (Wildman–Crippen MR) is 135 cm³/mol. The van der Waals surface area contributed by atoms with Crippen molar-refractivity contribution < 1.29 is 9.59 Å². The third-order valence-corrected chi connectivity index (χ3v) is 5.42. The van der Waals surface area contributed by atoms with Crippen molar-refractivity contribution in [3.63, 3.8) is 0 Å². The molecule has 7 heteroatoms. The average Bonchev–Trinajstić information content (AvgIpc) is 2.83. The van der Waals surface area contributed by atoms with Gasteiger partial charge in [0.05, 0.1) is 22.5 Å². The number of ketones is 1. The number of rotatable bonds is 5. The van der Waals surface area contributed by atoms with Gasteiger partial charge >= 0.3 is 0 Å². The van der Waals surface area contributed by atoms with E-state index in [1.165, 1.54) is 6.92 Å². The minimum absolute atomic E-state index is 0.0880. The number of nitrogens with one attached hydrogen (secondary N) is 3. The molecule has 0 radical (unpaired) electrons. The fourth-order valence-corrected chi connectivity index (χ4v) is 3.57. The minimum atomic E-state index is -0.399. The van der Waals surface area contributed by atoms with Gasteiger partial charge in [-0.15, -0.1) is 0 Å². The van der Waals surface area contributed by atoms with Gasteiger partial charge in [0, 0.05) is 16.5 Å². The molecular weight excluding hydrogens is 432 g/mol. The number of thiocarbonyl (C=S) groups is 1. The first-order valence-electron chi connectivity index (χ1n) is 10.4. The van der Waals surface area contributed by atoms with Crippen LogP contribution in [0.3, 0.4) is 0 Å². The largest absolute Gasteiger partial charge is 0.299 e. The topological polar surface area (TPSA) is 83.1 Å². The van der Waals surface area contributed by atoms with E-state index in [9.17, 15) is 9.59 Å². The number of hydrazine groups is 1. The number of aryl methyl sites for hydroxylation is 1. The highest BCUT2D eigenvalue weighted by molar-refractivity contribution is 7.80. The number of benzene rings is 3. The molecule has 0 saturated heterocycles. The van der Waals surface area contributed by atoms with E-state index in [0.717, 1.165) is 16.8 Å². The van der Waals surface area contributed by atoms with Crippen molar-refractivity contribution in [2.45, 2.75) is 13.8 Å². The van der Waals surface area contributed by atoms with Crippen LogP contribution in [0.5, 0.6) is 0 Å². The molecule has 0 saturated carbocycles. The predicted octanol–water partition coefficient (Wildman–Crippen LogP) is 5.04. The lowest BCUT2D eigenvalue weighted by Gasteiger charge is -2.15. The van der Waals surface area contributed by atoms with Crippen LogP contribution in [0.4, 0.5) is 5.69 Å². The molecule has 0 spiro atoms. The Bertz CT molecular complexity index is 1370. The lowest BCUT2D eigenvalue weighted by molar-refractivity contribution is 0.0976. The number of amides is 1. The van der Waals surface area contributed by atoms with E-state index in [4.69, 9.17) is 17.2 Å². The molecule has 0 atom stereocenters. The van der Waals surface area contributed by atoms with E-state index in [-0.39, 0.29) is 10.9 Å². The third-order valence-electron chi connectivity index (χ3n) is 5.21. The highest BCUT2D eigenvalue weighted by atomic mass is 32.1. The maximum Gasteiger partial charge on any atom is 0.258 e. The normalized spacial score (nSPS) is 10.5. The van der Waals surface area contributed by atoms with Gasteiger partial charge in [-0.1, -0.05) is 48.5 Å². The number of carbonyl (C=O) groups is 2. The van der Waals surface area contributed by atoms with E-state index in [1.54, 1.807) is 24.3 Å². The van der Waals surface area contributed by atoms with Crippen molar-refractivity contribution in [3.8, 4) is 11.3 Å². The Kier molecular flexibility index (Phi) is 6.42. The van der Waals surface area contributed by atoms with E-state index >= 15 is 0 Å². The summed E-state index contributed by atoms with van der Waals surface area (Å²) in [5.74, 6) is -0.487. The highest BCUT2D eigenvalue weighted by Gasteiger charge is 2.16. The minimum Gasteiger partial charge on any atom is -0.299 e. The summed E-state index contributed by atoms with van der Waals surface area (Å²) in [6.45, 7) is 3.45. The Morgan fingerprint density at radius 1 is 0.909 bits per heavy atom. The standard InChI is InChI=1S/C26H22N4O2S/c1-16-8-6-7-11-22(16)29-30-26(33)28-25(32)21-15-24(18-9-4-3-5-10-18)27-23-13-12-19(17(2)31)14-20(21)23/h3-15,29H,1-2H3,(H2,28,30,32,33). The number of pyridine rings is 1. The second-order valence-corrected chi connectivity index (χ2v) is 7.97. The monoisotopic (exact) mass is 454 g/mol. The molecule has 0 aliphatic carbocycles. The van der Waals surface area contributed by atoms with E-state index in [0.29, 0.717) is 27.7 Å². The van der Waals surface area contributed by atoms with E-state index < -0.39 is 5.91 Å².